The molecule has 3 N–H and O–H groups in total. The lowest BCUT2D eigenvalue weighted by atomic mass is 9.94. The van der Waals surface area contributed by atoms with E-state index in [1.165, 1.54) is 19.1 Å². The van der Waals surface area contributed by atoms with Gasteiger partial charge in [0, 0.05) is 0 Å². The van der Waals surface area contributed by atoms with E-state index in [2.05, 4.69) is 0 Å². The molecule has 0 saturated heterocycles. The van der Waals surface area contributed by atoms with E-state index >= 15 is 0 Å². The molecule has 0 saturated carbocycles. The molecular weight excluding hydrogens is 197 g/mol. The van der Waals surface area contributed by atoms with Gasteiger partial charge in [-0.1, -0.05) is 12.1 Å². The van der Waals surface area contributed by atoms with Gasteiger partial charge in [-0.3, -0.25) is 4.79 Å². The van der Waals surface area contributed by atoms with Crippen LogP contribution in [0.3, 0.4) is 0 Å². The van der Waals surface area contributed by atoms with Crippen LogP contribution in [-0.4, -0.2) is 16.6 Å². The average Bonchev–Trinajstić information content (AvgIpc) is 2.15. The smallest absolute Gasteiger partial charge is 0.323 e. The molecule has 0 heterocycles. The van der Waals surface area contributed by atoms with Crippen molar-refractivity contribution in [3.8, 4) is 0 Å². The highest BCUT2D eigenvalue weighted by molar-refractivity contribution is 5.77. The maximum Gasteiger partial charge on any atom is 0.323 e. The molecule has 1 aromatic carbocycles. The number of aliphatic carboxylic acids is 1. The maximum absolute atomic E-state index is 12.8. The largest absolute Gasteiger partial charge is 0.480 e. The number of rotatable bonds is 4. The van der Waals surface area contributed by atoms with Crippen LogP contribution < -0.4 is 5.73 Å². The van der Waals surface area contributed by atoms with Crippen LogP contribution >= 0.6 is 0 Å². The zero-order valence-electron chi connectivity index (χ0n) is 8.53. The van der Waals surface area contributed by atoms with Crippen molar-refractivity contribution in [2.75, 3.05) is 0 Å². The Morgan fingerprint density at radius 3 is 2.80 bits per heavy atom. The first-order valence-electron chi connectivity index (χ1n) is 4.68. The van der Waals surface area contributed by atoms with Crippen molar-refractivity contribution in [1.82, 2.24) is 0 Å². The SMILES string of the molecule is CC(N)(CCc1cccc(F)c1)C(=O)O. The number of nitrogens with two attached hydrogens (primary N) is 1. The minimum absolute atomic E-state index is 0.284. The van der Waals surface area contributed by atoms with Gasteiger partial charge in [0.1, 0.15) is 11.4 Å². The highest BCUT2D eigenvalue weighted by Crippen LogP contribution is 2.12. The fourth-order valence-corrected chi connectivity index (χ4v) is 1.20. The molecule has 1 atom stereocenters. The molecule has 82 valence electrons. The van der Waals surface area contributed by atoms with Gasteiger partial charge >= 0.3 is 5.97 Å². The lowest BCUT2D eigenvalue weighted by Gasteiger charge is -2.18. The number of aryl methyl sites for hydroxylation is 1. The van der Waals surface area contributed by atoms with Gasteiger partial charge in [0.15, 0.2) is 0 Å². The second-order valence-electron chi connectivity index (χ2n) is 3.85. The number of halogens is 1. The molecule has 0 aliphatic carbocycles. The number of benzene rings is 1. The van der Waals surface area contributed by atoms with Crippen LogP contribution in [-0.2, 0) is 11.2 Å². The lowest BCUT2D eigenvalue weighted by molar-refractivity contribution is -0.142. The molecule has 15 heavy (non-hydrogen) atoms. The van der Waals surface area contributed by atoms with Crippen LogP contribution in [0.5, 0.6) is 0 Å². The summed E-state index contributed by atoms with van der Waals surface area (Å²) in [5, 5.41) is 8.77. The summed E-state index contributed by atoms with van der Waals surface area (Å²) in [6.45, 7) is 1.45. The normalized spacial score (nSPS) is 14.6. The summed E-state index contributed by atoms with van der Waals surface area (Å²) >= 11 is 0. The number of carbonyl (C=O) groups is 1. The maximum atomic E-state index is 12.8. The molecule has 0 aliphatic heterocycles. The molecule has 0 radical (unpaired) electrons. The van der Waals surface area contributed by atoms with Gasteiger partial charge in [-0.2, -0.15) is 0 Å². The lowest BCUT2D eigenvalue weighted by Crippen LogP contribution is -2.45. The predicted molar refractivity (Wildman–Crippen MR) is 54.9 cm³/mol. The van der Waals surface area contributed by atoms with Crippen molar-refractivity contribution in [3.05, 3.63) is 35.6 Å². The third kappa shape index (κ3) is 3.32. The van der Waals surface area contributed by atoms with Crippen molar-refractivity contribution in [1.29, 1.82) is 0 Å². The van der Waals surface area contributed by atoms with E-state index in [4.69, 9.17) is 10.8 Å². The van der Waals surface area contributed by atoms with E-state index in [1.807, 2.05) is 0 Å². The van der Waals surface area contributed by atoms with Gasteiger partial charge in [0.2, 0.25) is 0 Å². The molecule has 0 amide bonds. The molecule has 3 nitrogen and oxygen atoms in total. The molecule has 0 fully saturated rings. The van der Waals surface area contributed by atoms with Gasteiger partial charge in [0.05, 0.1) is 0 Å². The Bertz CT molecular complexity index is 363. The highest BCUT2D eigenvalue weighted by Gasteiger charge is 2.27. The Morgan fingerprint density at radius 1 is 1.60 bits per heavy atom. The average molecular weight is 211 g/mol. The third-order valence-corrected chi connectivity index (χ3v) is 2.31. The van der Waals surface area contributed by atoms with Crippen LogP contribution in [0.1, 0.15) is 18.9 Å². The van der Waals surface area contributed by atoms with Crippen molar-refractivity contribution >= 4 is 5.97 Å². The van der Waals surface area contributed by atoms with E-state index < -0.39 is 11.5 Å². The number of hydrogen-bond donors (Lipinski definition) is 2. The zero-order valence-corrected chi connectivity index (χ0v) is 8.53. The summed E-state index contributed by atoms with van der Waals surface area (Å²) in [6, 6.07) is 6.08. The zero-order chi connectivity index (χ0) is 11.5. The monoisotopic (exact) mass is 211 g/mol. The van der Waals surface area contributed by atoms with Gasteiger partial charge in [0.25, 0.3) is 0 Å². The van der Waals surface area contributed by atoms with E-state index in [0.717, 1.165) is 5.56 Å². The quantitative estimate of drug-likeness (QED) is 0.794. The van der Waals surface area contributed by atoms with E-state index in [1.54, 1.807) is 12.1 Å². The van der Waals surface area contributed by atoms with Crippen molar-refractivity contribution in [2.24, 2.45) is 5.73 Å². The van der Waals surface area contributed by atoms with E-state index in [9.17, 15) is 9.18 Å². The second-order valence-corrected chi connectivity index (χ2v) is 3.85. The molecule has 0 bridgehead atoms. The molecular formula is C11H14FNO2. The van der Waals surface area contributed by atoms with Crippen LogP contribution in [0.4, 0.5) is 4.39 Å². The summed E-state index contributed by atoms with van der Waals surface area (Å²) in [5.74, 6) is -1.36. The predicted octanol–water partition coefficient (Wildman–Crippen LogP) is 1.56. The Morgan fingerprint density at radius 2 is 2.27 bits per heavy atom. The van der Waals surface area contributed by atoms with Crippen LogP contribution in [0, 0.1) is 5.82 Å². The Hall–Kier alpha value is -1.42. The fraction of sp³-hybridized carbons (Fsp3) is 0.364. The summed E-state index contributed by atoms with van der Waals surface area (Å²) in [7, 11) is 0. The summed E-state index contributed by atoms with van der Waals surface area (Å²) < 4.78 is 12.8. The Kier molecular flexibility index (Phi) is 3.42. The molecule has 1 rings (SSSR count). The topological polar surface area (TPSA) is 63.3 Å². The Labute approximate surface area is 87.7 Å². The summed E-state index contributed by atoms with van der Waals surface area (Å²) in [4.78, 5) is 10.7. The van der Waals surface area contributed by atoms with Gasteiger partial charge in [-0.15, -0.1) is 0 Å². The second kappa shape index (κ2) is 4.40. The fourth-order valence-electron chi connectivity index (χ4n) is 1.20. The first-order valence-corrected chi connectivity index (χ1v) is 4.68. The van der Waals surface area contributed by atoms with E-state index in [-0.39, 0.29) is 12.2 Å². The van der Waals surface area contributed by atoms with Crippen LogP contribution in [0.15, 0.2) is 24.3 Å². The third-order valence-electron chi connectivity index (χ3n) is 2.31. The molecule has 1 aromatic rings. The number of carboxylic acid groups (broad SMARTS) is 1. The molecule has 0 spiro atoms. The minimum atomic E-state index is -1.26. The molecule has 4 heteroatoms. The summed E-state index contributed by atoms with van der Waals surface area (Å²) in [6.07, 6.45) is 0.739. The standard InChI is InChI=1S/C11H14FNO2/c1-11(13,10(14)15)6-5-8-3-2-4-9(12)7-8/h2-4,7H,5-6,13H2,1H3,(H,14,15). The van der Waals surface area contributed by atoms with Gasteiger partial charge in [-0.25, -0.2) is 4.39 Å². The summed E-state index contributed by atoms with van der Waals surface area (Å²) in [5.41, 5.74) is 5.05. The van der Waals surface area contributed by atoms with E-state index in [0.29, 0.717) is 6.42 Å². The number of carboxylic acids is 1. The Balaban J connectivity index is 2.61. The van der Waals surface area contributed by atoms with Crippen molar-refractivity contribution in [3.63, 3.8) is 0 Å². The van der Waals surface area contributed by atoms with Gasteiger partial charge < -0.3 is 10.8 Å². The molecule has 0 aliphatic rings. The highest BCUT2D eigenvalue weighted by atomic mass is 19.1. The van der Waals surface area contributed by atoms with Crippen molar-refractivity contribution < 1.29 is 14.3 Å². The number of hydrogen-bond acceptors (Lipinski definition) is 2. The molecule has 1 unspecified atom stereocenters. The first-order chi connectivity index (χ1) is 6.92. The minimum Gasteiger partial charge on any atom is -0.480 e. The van der Waals surface area contributed by atoms with Crippen LogP contribution in [0.25, 0.3) is 0 Å². The first kappa shape index (κ1) is 11.7. The van der Waals surface area contributed by atoms with Crippen LogP contribution in [0.2, 0.25) is 0 Å². The molecule has 0 aromatic heterocycles. The van der Waals surface area contributed by atoms with Crippen molar-refractivity contribution in [2.45, 2.75) is 25.3 Å². The van der Waals surface area contributed by atoms with Gasteiger partial charge in [-0.05, 0) is 37.5 Å².